The molecule has 0 atom stereocenters. The maximum atomic E-state index is 4.75. The molecule has 1 saturated heterocycles. The molecule has 2 N–H and O–H groups in total. The number of thiophene rings is 1. The molecule has 1 aromatic heterocycles. The molecule has 1 aromatic rings. The van der Waals surface area contributed by atoms with Crippen molar-refractivity contribution in [3.63, 3.8) is 0 Å². The number of likely N-dealkylation sites (N-methyl/N-ethyl adjacent to an activating group) is 1. The molecule has 6 heteroatoms. The van der Waals surface area contributed by atoms with E-state index < -0.39 is 0 Å². The second kappa shape index (κ2) is 10.6. The third-order valence-corrected chi connectivity index (χ3v) is 5.51. The average Bonchev–Trinajstić information content (AvgIpc) is 3.14. The molecule has 0 bridgehead atoms. The zero-order valence-electron chi connectivity index (χ0n) is 15.4. The zero-order chi connectivity index (χ0) is 17.2. The molecule has 2 rings (SSSR count). The van der Waals surface area contributed by atoms with Crippen molar-refractivity contribution in [2.45, 2.75) is 39.7 Å². The predicted octanol–water partition coefficient (Wildman–Crippen LogP) is 2.61. The summed E-state index contributed by atoms with van der Waals surface area (Å²) >= 11 is 1.84. The van der Waals surface area contributed by atoms with Gasteiger partial charge in [0.1, 0.15) is 0 Å². The summed E-state index contributed by atoms with van der Waals surface area (Å²) in [6.07, 6.45) is 2.33. The van der Waals surface area contributed by atoms with Crippen molar-refractivity contribution >= 4 is 22.3 Å². The number of nitrogens with one attached hydrogen (secondary N) is 2. The molecule has 0 aromatic carbocycles. The summed E-state index contributed by atoms with van der Waals surface area (Å²) in [5.41, 5.74) is 0. The van der Waals surface area contributed by atoms with Gasteiger partial charge in [0.15, 0.2) is 5.96 Å². The van der Waals surface area contributed by atoms with E-state index in [1.165, 1.54) is 17.8 Å². The number of rotatable bonds is 8. The van der Waals surface area contributed by atoms with Gasteiger partial charge in [0.05, 0.1) is 11.5 Å². The highest BCUT2D eigenvalue weighted by Crippen LogP contribution is 2.24. The molecule has 5 nitrogen and oxygen atoms in total. The third kappa shape index (κ3) is 5.98. The summed E-state index contributed by atoms with van der Waals surface area (Å²) in [6, 6.07) is 4.88. The summed E-state index contributed by atoms with van der Waals surface area (Å²) in [6.45, 7) is 13.8. The van der Waals surface area contributed by atoms with E-state index in [4.69, 9.17) is 4.99 Å². The van der Waals surface area contributed by atoms with Gasteiger partial charge < -0.3 is 20.4 Å². The van der Waals surface area contributed by atoms with Crippen LogP contribution in [0.5, 0.6) is 0 Å². The first-order valence-electron chi connectivity index (χ1n) is 9.32. The largest absolute Gasteiger partial charge is 0.363 e. The van der Waals surface area contributed by atoms with Crippen molar-refractivity contribution in [3.8, 4) is 0 Å². The minimum absolute atomic E-state index is 0.521. The van der Waals surface area contributed by atoms with Crippen LogP contribution in [0.4, 0.5) is 5.00 Å². The lowest BCUT2D eigenvalue weighted by Gasteiger charge is -2.33. The fourth-order valence-electron chi connectivity index (χ4n) is 3.05. The van der Waals surface area contributed by atoms with Gasteiger partial charge in [0, 0.05) is 32.2 Å². The maximum Gasteiger partial charge on any atom is 0.191 e. The predicted molar refractivity (Wildman–Crippen MR) is 106 cm³/mol. The van der Waals surface area contributed by atoms with E-state index in [-0.39, 0.29) is 0 Å². The molecule has 1 aliphatic rings. The molecule has 0 unspecified atom stereocenters. The maximum absolute atomic E-state index is 4.75. The van der Waals surface area contributed by atoms with E-state index in [1.807, 2.05) is 11.3 Å². The first-order chi connectivity index (χ1) is 11.8. The van der Waals surface area contributed by atoms with Crippen molar-refractivity contribution in [2.75, 3.05) is 50.7 Å². The van der Waals surface area contributed by atoms with Crippen LogP contribution >= 0.6 is 11.3 Å². The Morgan fingerprint density at radius 1 is 1.29 bits per heavy atom. The Morgan fingerprint density at radius 2 is 2.04 bits per heavy atom. The smallest absolute Gasteiger partial charge is 0.191 e. The van der Waals surface area contributed by atoms with Crippen LogP contribution in [0.15, 0.2) is 22.5 Å². The SMILES string of the molecule is CCNC(=NCCN(CC)CC)NC1CCN(c2cccs2)CC1. The summed E-state index contributed by atoms with van der Waals surface area (Å²) in [7, 11) is 0. The van der Waals surface area contributed by atoms with Crippen LogP contribution in [-0.2, 0) is 0 Å². The summed E-state index contributed by atoms with van der Waals surface area (Å²) in [5.74, 6) is 0.972. The van der Waals surface area contributed by atoms with Gasteiger partial charge in [-0.2, -0.15) is 0 Å². The van der Waals surface area contributed by atoms with E-state index in [9.17, 15) is 0 Å². The second-order valence-electron chi connectivity index (χ2n) is 6.14. The van der Waals surface area contributed by atoms with Crippen LogP contribution in [0.25, 0.3) is 0 Å². The lowest BCUT2D eigenvalue weighted by Crippen LogP contribution is -2.48. The molecule has 0 saturated carbocycles. The lowest BCUT2D eigenvalue weighted by molar-refractivity contribution is 0.312. The van der Waals surface area contributed by atoms with Crippen molar-refractivity contribution in [2.24, 2.45) is 4.99 Å². The quantitative estimate of drug-likeness (QED) is 0.558. The third-order valence-electron chi connectivity index (χ3n) is 4.58. The number of guanidine groups is 1. The van der Waals surface area contributed by atoms with E-state index in [0.717, 1.165) is 51.8 Å². The molecule has 136 valence electrons. The summed E-state index contributed by atoms with van der Waals surface area (Å²) < 4.78 is 0. The number of hydrogen-bond donors (Lipinski definition) is 2. The van der Waals surface area contributed by atoms with Gasteiger partial charge in [-0.3, -0.25) is 4.99 Å². The molecule has 0 aliphatic carbocycles. The summed E-state index contributed by atoms with van der Waals surface area (Å²) in [5, 5.41) is 10.6. The number of piperidine rings is 1. The van der Waals surface area contributed by atoms with Gasteiger partial charge in [0.2, 0.25) is 0 Å². The Morgan fingerprint density at radius 3 is 2.62 bits per heavy atom. The molecule has 0 spiro atoms. The second-order valence-corrected chi connectivity index (χ2v) is 7.07. The number of anilines is 1. The Bertz CT molecular complexity index is 462. The Kier molecular flexibility index (Phi) is 8.39. The van der Waals surface area contributed by atoms with Gasteiger partial charge in [-0.1, -0.05) is 13.8 Å². The van der Waals surface area contributed by atoms with Crippen molar-refractivity contribution in [1.82, 2.24) is 15.5 Å². The number of nitrogens with zero attached hydrogens (tertiary/aromatic N) is 3. The Labute approximate surface area is 151 Å². The minimum Gasteiger partial charge on any atom is -0.363 e. The van der Waals surface area contributed by atoms with Crippen LogP contribution in [0.2, 0.25) is 0 Å². The molecular weight excluding hydrogens is 318 g/mol. The highest BCUT2D eigenvalue weighted by atomic mass is 32.1. The standard InChI is InChI=1S/C18H33N5S/c1-4-19-18(20-11-14-22(5-2)6-3)21-16-9-12-23(13-10-16)17-8-7-15-24-17/h7-8,15-16H,4-6,9-14H2,1-3H3,(H2,19,20,21). The van der Waals surface area contributed by atoms with Crippen molar-refractivity contribution < 1.29 is 0 Å². The van der Waals surface area contributed by atoms with Crippen molar-refractivity contribution in [3.05, 3.63) is 17.5 Å². The van der Waals surface area contributed by atoms with E-state index in [1.54, 1.807) is 0 Å². The molecular formula is C18H33N5S. The van der Waals surface area contributed by atoms with Crippen LogP contribution in [0, 0.1) is 0 Å². The van der Waals surface area contributed by atoms with Gasteiger partial charge in [-0.15, -0.1) is 11.3 Å². The first-order valence-corrected chi connectivity index (χ1v) is 10.2. The van der Waals surface area contributed by atoms with Crippen LogP contribution in [0.3, 0.4) is 0 Å². The Hall–Kier alpha value is -1.27. The molecule has 24 heavy (non-hydrogen) atoms. The molecule has 0 radical (unpaired) electrons. The monoisotopic (exact) mass is 351 g/mol. The van der Waals surface area contributed by atoms with E-state index in [2.05, 4.69) is 58.7 Å². The normalized spacial score (nSPS) is 16.7. The van der Waals surface area contributed by atoms with Crippen molar-refractivity contribution in [1.29, 1.82) is 0 Å². The topological polar surface area (TPSA) is 42.9 Å². The molecule has 1 fully saturated rings. The highest BCUT2D eigenvalue weighted by Gasteiger charge is 2.20. The first kappa shape index (κ1) is 19.1. The zero-order valence-corrected chi connectivity index (χ0v) is 16.2. The van der Waals surface area contributed by atoms with E-state index in [0.29, 0.717) is 6.04 Å². The van der Waals surface area contributed by atoms with Gasteiger partial charge >= 0.3 is 0 Å². The fraction of sp³-hybridized carbons (Fsp3) is 0.722. The van der Waals surface area contributed by atoms with Crippen LogP contribution in [-0.4, -0.2) is 62.7 Å². The number of hydrogen-bond acceptors (Lipinski definition) is 4. The summed E-state index contributed by atoms with van der Waals surface area (Å²) in [4.78, 5) is 9.66. The fourth-order valence-corrected chi connectivity index (χ4v) is 3.84. The van der Waals surface area contributed by atoms with Crippen LogP contribution < -0.4 is 15.5 Å². The van der Waals surface area contributed by atoms with E-state index >= 15 is 0 Å². The highest BCUT2D eigenvalue weighted by molar-refractivity contribution is 7.14. The molecule has 1 aliphatic heterocycles. The molecule has 0 amide bonds. The number of aliphatic imine (C=N–C) groups is 1. The van der Waals surface area contributed by atoms with Gasteiger partial charge in [0.25, 0.3) is 0 Å². The minimum atomic E-state index is 0.521. The average molecular weight is 352 g/mol. The van der Waals surface area contributed by atoms with Gasteiger partial charge in [-0.05, 0) is 50.4 Å². The van der Waals surface area contributed by atoms with Gasteiger partial charge in [-0.25, -0.2) is 0 Å². The molecule has 2 heterocycles. The van der Waals surface area contributed by atoms with Crippen LogP contribution in [0.1, 0.15) is 33.6 Å². The Balaban J connectivity index is 1.78. The lowest BCUT2D eigenvalue weighted by atomic mass is 10.1.